The molecule has 7 heteroatoms. The van der Waals surface area contributed by atoms with E-state index >= 15 is 0 Å². The predicted molar refractivity (Wildman–Crippen MR) is 115 cm³/mol. The van der Waals surface area contributed by atoms with Gasteiger partial charge < -0.3 is 18.9 Å². The molecule has 2 aliphatic heterocycles. The molecular weight excluding hydrogens is 412 g/mol. The van der Waals surface area contributed by atoms with E-state index in [0.717, 1.165) is 25.7 Å². The Morgan fingerprint density at radius 1 is 1.22 bits per heavy atom. The van der Waals surface area contributed by atoms with Crippen LogP contribution < -0.4 is 0 Å². The third kappa shape index (κ3) is 3.05. The van der Waals surface area contributed by atoms with E-state index in [2.05, 4.69) is 33.4 Å². The smallest absolute Gasteiger partial charge is 0.303 e. The van der Waals surface area contributed by atoms with Gasteiger partial charge in [-0.1, -0.05) is 26.8 Å². The quantitative estimate of drug-likeness (QED) is 0.283. The van der Waals surface area contributed by atoms with E-state index in [-0.39, 0.29) is 47.5 Å². The lowest BCUT2D eigenvalue weighted by Crippen LogP contribution is -2.67. The van der Waals surface area contributed by atoms with Gasteiger partial charge in [-0.2, -0.15) is 0 Å². The van der Waals surface area contributed by atoms with Crippen molar-refractivity contribution >= 4 is 17.9 Å². The molecule has 7 nitrogen and oxygen atoms in total. The van der Waals surface area contributed by atoms with Crippen LogP contribution in [0.1, 0.15) is 60.3 Å². The van der Waals surface area contributed by atoms with Crippen molar-refractivity contribution in [1.82, 2.24) is 0 Å². The van der Waals surface area contributed by atoms with Crippen LogP contribution in [-0.4, -0.2) is 54.0 Å². The topological polar surface area (TPSA) is 94.7 Å². The van der Waals surface area contributed by atoms with Crippen LogP contribution in [0.2, 0.25) is 0 Å². The average molecular weight is 447 g/mol. The molecule has 32 heavy (non-hydrogen) atoms. The van der Waals surface area contributed by atoms with Gasteiger partial charge in [0.2, 0.25) is 0 Å². The lowest BCUT2D eigenvalue weighted by atomic mass is 9.47. The fraction of sp³-hybridized carbons (Fsp3) is 0.760. The van der Waals surface area contributed by atoms with Gasteiger partial charge in [-0.25, -0.2) is 4.79 Å². The standard InChI is InChI=1S/C23H32O6.C2H2O/c1-12(2)16-9-19-23(29-19)21(5)8-6-7-15(11-26-13(3)24)17(21)10-18-22(23,28-18)20(16)27-14(4)25;1-2-3/h7,12,16-20H,6,8-11H2,1-5H3;1H2/t16?,17?,18-,19-,20+,21-,22+,23+;/m0./s1. The largest absolute Gasteiger partial charge is 0.461 e. The fourth-order valence-corrected chi connectivity index (χ4v) is 7.27. The van der Waals surface area contributed by atoms with Crippen LogP contribution in [0, 0.1) is 23.2 Å². The molecule has 5 rings (SSSR count). The number of carbonyl (C=O) groups excluding carboxylic acids is 3. The molecule has 0 amide bonds. The number of esters is 2. The fourth-order valence-electron chi connectivity index (χ4n) is 7.27. The first-order valence-corrected chi connectivity index (χ1v) is 11.6. The number of hydrogen-bond acceptors (Lipinski definition) is 7. The van der Waals surface area contributed by atoms with Crippen LogP contribution in [0.25, 0.3) is 0 Å². The lowest BCUT2D eigenvalue weighted by Gasteiger charge is -2.54. The maximum Gasteiger partial charge on any atom is 0.303 e. The Balaban J connectivity index is 0.000000775. The van der Waals surface area contributed by atoms with E-state index in [4.69, 9.17) is 23.7 Å². The highest BCUT2D eigenvalue weighted by Crippen LogP contribution is 2.79. The SMILES string of the molecule is C=C=O.CC(=O)OCC1=CCC[C@@]2(C)C1C[C@@H]1O[C@@]13[C@H](OC(C)=O)C(C(C)C)C[C@@H]1O[C@@]132. The Kier molecular flexibility index (Phi) is 5.68. The molecule has 0 radical (unpaired) electrons. The minimum Gasteiger partial charge on any atom is -0.461 e. The summed E-state index contributed by atoms with van der Waals surface area (Å²) >= 11 is 0. The van der Waals surface area contributed by atoms with Crippen molar-refractivity contribution in [2.75, 3.05) is 6.61 Å². The van der Waals surface area contributed by atoms with Gasteiger partial charge in [0.1, 0.15) is 24.3 Å². The van der Waals surface area contributed by atoms with E-state index < -0.39 is 11.2 Å². The molecule has 3 aliphatic carbocycles. The molecule has 5 aliphatic rings. The highest BCUT2D eigenvalue weighted by atomic mass is 16.7. The maximum absolute atomic E-state index is 12.0. The van der Waals surface area contributed by atoms with E-state index in [1.165, 1.54) is 25.4 Å². The lowest BCUT2D eigenvalue weighted by molar-refractivity contribution is -0.166. The number of fused-ring (bicyclic) bond motifs is 1. The minimum absolute atomic E-state index is 0.0234. The van der Waals surface area contributed by atoms with Gasteiger partial charge in [0.15, 0.2) is 5.60 Å². The van der Waals surface area contributed by atoms with Gasteiger partial charge in [-0.3, -0.25) is 9.59 Å². The van der Waals surface area contributed by atoms with Crippen LogP contribution in [0.3, 0.4) is 0 Å². The third-order valence-electron chi connectivity index (χ3n) is 8.54. The Morgan fingerprint density at radius 2 is 1.91 bits per heavy atom. The molecule has 2 saturated heterocycles. The van der Waals surface area contributed by atoms with Crippen molar-refractivity contribution in [3.63, 3.8) is 0 Å². The third-order valence-corrected chi connectivity index (χ3v) is 8.54. The van der Waals surface area contributed by atoms with Crippen LogP contribution in [-0.2, 0) is 33.3 Å². The zero-order valence-electron chi connectivity index (χ0n) is 19.6. The summed E-state index contributed by atoms with van der Waals surface area (Å²) in [7, 11) is 0. The summed E-state index contributed by atoms with van der Waals surface area (Å²) in [5, 5.41) is 0. The number of ether oxygens (including phenoxy) is 4. The number of epoxide rings is 2. The Labute approximate surface area is 189 Å². The van der Waals surface area contributed by atoms with E-state index in [1.54, 1.807) is 0 Å². The molecule has 0 N–H and O–H groups in total. The van der Waals surface area contributed by atoms with Crippen molar-refractivity contribution in [2.45, 2.75) is 89.8 Å². The second-order valence-electron chi connectivity index (χ2n) is 10.4. The molecule has 8 atom stereocenters. The second kappa shape index (κ2) is 7.82. The van der Waals surface area contributed by atoms with Crippen molar-refractivity contribution in [3.05, 3.63) is 18.2 Å². The zero-order valence-corrected chi connectivity index (χ0v) is 19.6. The van der Waals surface area contributed by atoms with E-state index in [1.807, 2.05) is 0 Å². The summed E-state index contributed by atoms with van der Waals surface area (Å²) in [6, 6.07) is 0. The first-order valence-electron chi connectivity index (χ1n) is 11.6. The summed E-state index contributed by atoms with van der Waals surface area (Å²) in [6.45, 7) is 12.7. The molecule has 0 bridgehead atoms. The Bertz CT molecular complexity index is 872. The van der Waals surface area contributed by atoms with Crippen molar-refractivity contribution in [2.24, 2.45) is 23.2 Å². The van der Waals surface area contributed by atoms with Crippen molar-refractivity contribution in [1.29, 1.82) is 0 Å². The van der Waals surface area contributed by atoms with Crippen LogP contribution in [0.5, 0.6) is 0 Å². The zero-order chi connectivity index (χ0) is 23.5. The molecule has 176 valence electrons. The summed E-state index contributed by atoms with van der Waals surface area (Å²) in [4.78, 5) is 32.0. The first-order chi connectivity index (χ1) is 15.1. The number of rotatable bonds is 4. The highest BCUT2D eigenvalue weighted by molar-refractivity contribution is 5.67. The normalized spacial score (nSPS) is 44.7. The summed E-state index contributed by atoms with van der Waals surface area (Å²) < 4.78 is 24.4. The van der Waals surface area contributed by atoms with Gasteiger partial charge >= 0.3 is 11.9 Å². The minimum atomic E-state index is -0.522. The van der Waals surface area contributed by atoms with Gasteiger partial charge in [0, 0.05) is 25.2 Å². The molecule has 0 aromatic rings. The summed E-state index contributed by atoms with van der Waals surface area (Å²) in [6.07, 6.45) is 5.86. The van der Waals surface area contributed by atoms with Crippen LogP contribution in [0.4, 0.5) is 0 Å². The first kappa shape index (κ1) is 23.2. The Morgan fingerprint density at radius 3 is 2.50 bits per heavy atom. The van der Waals surface area contributed by atoms with Gasteiger partial charge in [-0.05, 0) is 49.7 Å². The average Bonchev–Trinajstić information content (AvgIpc) is 3.59. The number of allylic oxidation sites excluding steroid dienone is 1. The van der Waals surface area contributed by atoms with Gasteiger partial charge in [0.25, 0.3) is 0 Å². The van der Waals surface area contributed by atoms with Gasteiger partial charge in [-0.15, -0.1) is 0 Å². The van der Waals surface area contributed by atoms with Gasteiger partial charge in [0.05, 0.1) is 12.2 Å². The predicted octanol–water partition coefficient (Wildman–Crippen LogP) is 3.18. The van der Waals surface area contributed by atoms with E-state index in [9.17, 15) is 9.59 Å². The number of hydrogen-bond donors (Lipinski definition) is 0. The molecule has 2 spiro atoms. The Hall–Kier alpha value is -1.95. The molecule has 4 fully saturated rings. The molecular formula is C25H34O7. The molecule has 2 saturated carbocycles. The molecule has 0 aromatic carbocycles. The van der Waals surface area contributed by atoms with Crippen molar-refractivity contribution < 1.29 is 33.3 Å². The summed E-state index contributed by atoms with van der Waals surface area (Å²) in [5.41, 5.74) is 0.145. The molecule has 2 heterocycles. The molecule has 2 unspecified atom stereocenters. The maximum atomic E-state index is 12.0. The second-order valence-corrected chi connectivity index (χ2v) is 10.4. The van der Waals surface area contributed by atoms with Crippen LogP contribution >= 0.6 is 0 Å². The van der Waals surface area contributed by atoms with Crippen LogP contribution in [0.15, 0.2) is 18.2 Å². The monoisotopic (exact) mass is 446 g/mol. The summed E-state index contributed by atoms with van der Waals surface area (Å²) in [5.74, 6) is 1.64. The van der Waals surface area contributed by atoms with Crippen molar-refractivity contribution in [3.8, 4) is 0 Å². The molecule has 0 aromatic heterocycles. The van der Waals surface area contributed by atoms with E-state index in [0.29, 0.717) is 12.5 Å². The highest BCUT2D eigenvalue weighted by Gasteiger charge is 2.93. The number of carbonyl (C=O) groups is 2.